The third kappa shape index (κ3) is 4.43. The van der Waals surface area contributed by atoms with Crippen molar-refractivity contribution in [1.29, 1.82) is 0 Å². The molecule has 2 saturated carbocycles. The number of amides is 1. The zero-order chi connectivity index (χ0) is 21.5. The molecule has 0 atom stereocenters. The fourth-order valence-electron chi connectivity index (χ4n) is 4.83. The van der Waals surface area contributed by atoms with Gasteiger partial charge in [-0.2, -0.15) is 0 Å². The van der Waals surface area contributed by atoms with Crippen LogP contribution in [0.15, 0.2) is 18.2 Å². The van der Waals surface area contributed by atoms with Crippen LogP contribution in [0.3, 0.4) is 0 Å². The maximum Gasteiger partial charge on any atom is 0.224 e. The van der Waals surface area contributed by atoms with Gasteiger partial charge in [0.1, 0.15) is 11.4 Å². The van der Waals surface area contributed by atoms with Crippen molar-refractivity contribution in [3.05, 3.63) is 41.0 Å². The zero-order valence-corrected chi connectivity index (χ0v) is 18.6. The van der Waals surface area contributed by atoms with Gasteiger partial charge in [-0.05, 0) is 69.4 Å². The molecule has 162 valence electrons. The van der Waals surface area contributed by atoms with E-state index >= 15 is 0 Å². The number of carbonyl (C=O) groups excluding carboxylic acids is 1. The number of benzene rings is 1. The van der Waals surface area contributed by atoms with Gasteiger partial charge >= 0.3 is 0 Å². The van der Waals surface area contributed by atoms with Crippen LogP contribution in [0.2, 0.25) is 0 Å². The van der Waals surface area contributed by atoms with Gasteiger partial charge < -0.3 is 15.0 Å². The Morgan fingerprint density at radius 1 is 1.27 bits per heavy atom. The van der Waals surface area contributed by atoms with Gasteiger partial charge in [0, 0.05) is 24.6 Å². The molecule has 2 aliphatic rings. The van der Waals surface area contributed by atoms with E-state index in [1.165, 1.54) is 5.56 Å². The van der Waals surface area contributed by atoms with Crippen molar-refractivity contribution >= 4 is 11.6 Å². The Bertz CT molecular complexity index is 923. The monoisotopic (exact) mass is 410 g/mol. The van der Waals surface area contributed by atoms with Crippen LogP contribution in [0.5, 0.6) is 0 Å². The molecule has 30 heavy (non-hydrogen) atoms. The molecule has 6 nitrogen and oxygen atoms in total. The molecule has 0 bridgehead atoms. The van der Waals surface area contributed by atoms with E-state index in [0.29, 0.717) is 30.7 Å². The number of aliphatic hydroxyl groups is 1. The third-order valence-electron chi connectivity index (χ3n) is 6.38. The van der Waals surface area contributed by atoms with Gasteiger partial charge in [-0.1, -0.05) is 31.5 Å². The van der Waals surface area contributed by atoms with Gasteiger partial charge in [0.2, 0.25) is 5.91 Å². The Labute approximate surface area is 179 Å². The molecule has 0 unspecified atom stereocenters. The highest BCUT2D eigenvalue weighted by Crippen LogP contribution is 2.49. The second-order valence-corrected chi connectivity index (χ2v) is 9.84. The average Bonchev–Trinajstić information content (AvgIpc) is 3.39. The van der Waals surface area contributed by atoms with E-state index in [1.54, 1.807) is 0 Å². The Morgan fingerprint density at radius 3 is 2.63 bits per heavy atom. The minimum Gasteiger partial charge on any atom is -0.382 e. The summed E-state index contributed by atoms with van der Waals surface area (Å²) >= 11 is 0. The van der Waals surface area contributed by atoms with Crippen molar-refractivity contribution in [2.45, 2.75) is 84.3 Å². The molecule has 1 aromatic heterocycles. The van der Waals surface area contributed by atoms with Gasteiger partial charge in [0.25, 0.3) is 0 Å². The number of hydrogen-bond acceptors (Lipinski definition) is 4. The lowest BCUT2D eigenvalue weighted by Gasteiger charge is -2.43. The fraction of sp³-hybridized carbons (Fsp3) is 0.625. The highest BCUT2D eigenvalue weighted by Gasteiger charge is 2.49. The predicted octanol–water partition coefficient (Wildman–Crippen LogP) is 4.44. The first-order valence-corrected chi connectivity index (χ1v) is 11.3. The smallest absolute Gasteiger partial charge is 0.224 e. The van der Waals surface area contributed by atoms with E-state index in [4.69, 9.17) is 0 Å². The van der Waals surface area contributed by atoms with Crippen molar-refractivity contribution < 1.29 is 9.90 Å². The van der Waals surface area contributed by atoms with Crippen LogP contribution in [0.4, 0.5) is 5.69 Å². The summed E-state index contributed by atoms with van der Waals surface area (Å²) in [4.78, 5) is 12.5. The summed E-state index contributed by atoms with van der Waals surface area (Å²) < 4.78 is 2.13. The Morgan fingerprint density at radius 2 is 2.00 bits per heavy atom. The first-order valence-electron chi connectivity index (χ1n) is 11.3. The molecule has 1 aromatic carbocycles. The van der Waals surface area contributed by atoms with Gasteiger partial charge in [-0.3, -0.25) is 4.79 Å². The number of aryl methyl sites for hydroxylation is 3. The van der Waals surface area contributed by atoms with E-state index in [-0.39, 0.29) is 5.91 Å². The number of rotatable bonds is 8. The summed E-state index contributed by atoms with van der Waals surface area (Å²) in [5.74, 6) is 2.73. The molecule has 0 spiro atoms. The highest BCUT2D eigenvalue weighted by atomic mass is 16.3. The summed E-state index contributed by atoms with van der Waals surface area (Å²) in [5.41, 5.74) is 2.25. The number of anilines is 1. The molecule has 1 amide bonds. The van der Waals surface area contributed by atoms with Gasteiger partial charge in [0.15, 0.2) is 5.82 Å². The number of aromatic nitrogens is 3. The fourth-order valence-corrected chi connectivity index (χ4v) is 4.83. The Hall–Kier alpha value is -2.21. The van der Waals surface area contributed by atoms with E-state index < -0.39 is 5.60 Å². The molecule has 0 radical (unpaired) electrons. The lowest BCUT2D eigenvalue weighted by molar-refractivity contribution is -0.116. The second-order valence-electron chi connectivity index (χ2n) is 9.84. The molecule has 2 N–H and O–H groups in total. The minimum atomic E-state index is -0.853. The maximum atomic E-state index is 12.5. The molecule has 2 aromatic rings. The van der Waals surface area contributed by atoms with Gasteiger partial charge in [-0.25, -0.2) is 0 Å². The summed E-state index contributed by atoms with van der Waals surface area (Å²) in [6.45, 7) is 8.50. The summed E-state index contributed by atoms with van der Waals surface area (Å²) in [7, 11) is 0. The van der Waals surface area contributed by atoms with E-state index in [0.717, 1.165) is 55.0 Å². The first kappa shape index (κ1) is 21.0. The molecule has 0 aliphatic heterocycles. The van der Waals surface area contributed by atoms with Crippen LogP contribution in [0.25, 0.3) is 0 Å². The zero-order valence-electron chi connectivity index (χ0n) is 18.6. The number of nitrogens with one attached hydrogen (secondary N) is 1. The third-order valence-corrected chi connectivity index (χ3v) is 6.38. The number of nitrogens with zero attached hydrogens (tertiary/aromatic N) is 3. The van der Waals surface area contributed by atoms with E-state index in [2.05, 4.69) is 40.0 Å². The molecule has 2 aliphatic carbocycles. The summed E-state index contributed by atoms with van der Waals surface area (Å²) in [6, 6.07) is 6.40. The van der Waals surface area contributed by atoms with E-state index in [1.807, 2.05) is 26.0 Å². The summed E-state index contributed by atoms with van der Waals surface area (Å²) in [6.07, 6.45) is 5.76. The van der Waals surface area contributed by atoms with Crippen LogP contribution < -0.4 is 5.32 Å². The Kier molecular flexibility index (Phi) is 5.71. The van der Waals surface area contributed by atoms with Gasteiger partial charge in [-0.15, -0.1) is 10.2 Å². The normalized spacial score (nSPS) is 23.5. The molecule has 4 rings (SSSR count). The van der Waals surface area contributed by atoms with Crippen molar-refractivity contribution in [2.75, 3.05) is 5.32 Å². The topological polar surface area (TPSA) is 80.0 Å². The van der Waals surface area contributed by atoms with Crippen molar-refractivity contribution in [3.8, 4) is 0 Å². The maximum absolute atomic E-state index is 12.5. The van der Waals surface area contributed by atoms with Crippen molar-refractivity contribution in [1.82, 2.24) is 14.8 Å². The minimum absolute atomic E-state index is 0.0202. The first-order chi connectivity index (χ1) is 14.2. The Balaban J connectivity index is 1.41. The molecular weight excluding hydrogens is 376 g/mol. The quantitative estimate of drug-likeness (QED) is 0.674. The summed E-state index contributed by atoms with van der Waals surface area (Å²) in [5, 5.41) is 23.0. The van der Waals surface area contributed by atoms with Crippen LogP contribution in [-0.4, -0.2) is 25.8 Å². The lowest BCUT2D eigenvalue weighted by Crippen LogP contribution is -2.43. The largest absolute Gasteiger partial charge is 0.382 e. The van der Waals surface area contributed by atoms with E-state index in [9.17, 15) is 9.90 Å². The van der Waals surface area contributed by atoms with Crippen molar-refractivity contribution in [3.63, 3.8) is 0 Å². The molecule has 1 heterocycles. The van der Waals surface area contributed by atoms with Crippen LogP contribution in [0.1, 0.15) is 81.2 Å². The highest BCUT2D eigenvalue weighted by molar-refractivity contribution is 5.91. The molecule has 6 heteroatoms. The molecule has 0 saturated heterocycles. The number of hydrogen-bond donors (Lipinski definition) is 2. The second kappa shape index (κ2) is 8.14. The van der Waals surface area contributed by atoms with Crippen LogP contribution >= 0.6 is 0 Å². The van der Waals surface area contributed by atoms with Gasteiger partial charge in [0.05, 0.1) is 0 Å². The van der Waals surface area contributed by atoms with Crippen LogP contribution in [0, 0.1) is 25.7 Å². The molecule has 2 fully saturated rings. The average molecular weight is 411 g/mol. The SMILES string of the molecule is Cc1ccc(NC(=O)CCc2nnc(C3(O)CC(CC(C)C)C3)n2C2CC2)c(C)c1. The van der Waals surface area contributed by atoms with Crippen LogP contribution in [-0.2, 0) is 16.8 Å². The molecular formula is C24H34N4O2. The lowest BCUT2D eigenvalue weighted by atomic mass is 9.67. The predicted molar refractivity (Wildman–Crippen MR) is 117 cm³/mol. The van der Waals surface area contributed by atoms with Crippen molar-refractivity contribution in [2.24, 2.45) is 11.8 Å². The standard InChI is InChI=1S/C24H34N4O2/c1-15(2)11-18-13-24(30,14-18)23-27-26-21(28(23)19-6-7-19)9-10-22(29)25-20-8-5-16(3)12-17(20)4/h5,8,12,15,18-19,30H,6-7,9-11,13-14H2,1-4H3,(H,25,29). The number of carbonyl (C=O) groups is 1.